The SMILES string of the molecule is COCc1cc(C(=O)NCc2nn[nH]n2)no1. The Bertz CT molecular complexity index is 479. The van der Waals surface area contributed by atoms with Gasteiger partial charge in [0.25, 0.3) is 5.91 Å². The van der Waals surface area contributed by atoms with E-state index >= 15 is 0 Å². The normalized spacial score (nSPS) is 10.4. The molecule has 0 aliphatic rings. The number of carbonyl (C=O) groups excluding carboxylic acids is 1. The third kappa shape index (κ3) is 2.84. The van der Waals surface area contributed by atoms with Crippen molar-refractivity contribution in [3.8, 4) is 0 Å². The molecule has 0 bridgehead atoms. The first kappa shape index (κ1) is 11.2. The first-order valence-electron chi connectivity index (χ1n) is 4.74. The zero-order valence-electron chi connectivity index (χ0n) is 9.01. The van der Waals surface area contributed by atoms with E-state index < -0.39 is 0 Å². The van der Waals surface area contributed by atoms with Crippen molar-refractivity contribution < 1.29 is 14.1 Å². The molecule has 0 saturated heterocycles. The van der Waals surface area contributed by atoms with Crippen molar-refractivity contribution in [3.63, 3.8) is 0 Å². The van der Waals surface area contributed by atoms with Gasteiger partial charge in [0.1, 0.15) is 6.61 Å². The first-order chi connectivity index (χ1) is 8.29. The van der Waals surface area contributed by atoms with Gasteiger partial charge in [-0.2, -0.15) is 5.21 Å². The molecular formula is C8H10N6O3. The summed E-state index contributed by atoms with van der Waals surface area (Å²) in [5.41, 5.74) is 0.181. The maximum absolute atomic E-state index is 11.6. The predicted molar refractivity (Wildman–Crippen MR) is 52.6 cm³/mol. The molecule has 0 atom stereocenters. The number of H-pyrrole nitrogens is 1. The maximum atomic E-state index is 11.6. The highest BCUT2D eigenvalue weighted by Gasteiger charge is 2.12. The minimum absolute atomic E-state index is 0.168. The fourth-order valence-electron chi connectivity index (χ4n) is 1.14. The summed E-state index contributed by atoms with van der Waals surface area (Å²) in [6, 6.07) is 1.51. The van der Waals surface area contributed by atoms with Gasteiger partial charge in [0.15, 0.2) is 17.3 Å². The molecule has 0 unspecified atom stereocenters. The molecule has 1 amide bonds. The summed E-state index contributed by atoms with van der Waals surface area (Å²) in [5, 5.41) is 19.2. The Balaban J connectivity index is 1.90. The van der Waals surface area contributed by atoms with E-state index in [0.717, 1.165) is 0 Å². The molecule has 2 aromatic rings. The Hall–Kier alpha value is -2.29. The van der Waals surface area contributed by atoms with E-state index in [4.69, 9.17) is 9.26 Å². The van der Waals surface area contributed by atoms with Gasteiger partial charge in [0.05, 0.1) is 6.54 Å². The van der Waals surface area contributed by atoms with Crippen LogP contribution >= 0.6 is 0 Å². The number of hydrogen-bond acceptors (Lipinski definition) is 7. The van der Waals surface area contributed by atoms with Crippen molar-refractivity contribution >= 4 is 5.91 Å². The molecule has 9 heteroatoms. The van der Waals surface area contributed by atoms with Crippen LogP contribution in [0, 0.1) is 0 Å². The quantitative estimate of drug-likeness (QED) is 0.704. The van der Waals surface area contributed by atoms with Gasteiger partial charge >= 0.3 is 0 Å². The molecule has 90 valence electrons. The van der Waals surface area contributed by atoms with Crippen molar-refractivity contribution in [1.29, 1.82) is 0 Å². The molecule has 0 radical (unpaired) electrons. The van der Waals surface area contributed by atoms with Crippen LogP contribution in [0.15, 0.2) is 10.6 Å². The molecule has 0 aromatic carbocycles. The molecular weight excluding hydrogens is 228 g/mol. The number of aromatic amines is 1. The van der Waals surface area contributed by atoms with E-state index in [2.05, 4.69) is 31.1 Å². The fraction of sp³-hybridized carbons (Fsp3) is 0.375. The van der Waals surface area contributed by atoms with Crippen LogP contribution in [0.2, 0.25) is 0 Å². The van der Waals surface area contributed by atoms with E-state index in [1.807, 2.05) is 0 Å². The Morgan fingerprint density at radius 1 is 1.65 bits per heavy atom. The third-order valence-corrected chi connectivity index (χ3v) is 1.87. The van der Waals surface area contributed by atoms with Crippen molar-refractivity contribution in [1.82, 2.24) is 31.1 Å². The lowest BCUT2D eigenvalue weighted by molar-refractivity contribution is 0.0940. The van der Waals surface area contributed by atoms with E-state index in [1.54, 1.807) is 0 Å². The van der Waals surface area contributed by atoms with Crippen LogP contribution in [0.5, 0.6) is 0 Å². The van der Waals surface area contributed by atoms with E-state index in [1.165, 1.54) is 13.2 Å². The van der Waals surface area contributed by atoms with Gasteiger partial charge in [-0.05, 0) is 0 Å². The molecule has 2 heterocycles. The van der Waals surface area contributed by atoms with Crippen LogP contribution in [0.25, 0.3) is 0 Å². The Kier molecular flexibility index (Phi) is 3.40. The molecule has 2 rings (SSSR count). The van der Waals surface area contributed by atoms with Gasteiger partial charge in [-0.3, -0.25) is 4.79 Å². The average Bonchev–Trinajstić information content (AvgIpc) is 2.97. The summed E-state index contributed by atoms with van der Waals surface area (Å²) in [6.07, 6.45) is 0. The fourth-order valence-corrected chi connectivity index (χ4v) is 1.14. The van der Waals surface area contributed by atoms with Crippen LogP contribution in [-0.4, -0.2) is 38.8 Å². The minimum atomic E-state index is -0.374. The Labute approximate surface area is 95.5 Å². The topological polar surface area (TPSA) is 119 Å². The molecule has 17 heavy (non-hydrogen) atoms. The lowest BCUT2D eigenvalue weighted by Gasteiger charge is -1.96. The number of hydrogen-bond donors (Lipinski definition) is 2. The second-order valence-electron chi connectivity index (χ2n) is 3.12. The number of nitrogens with zero attached hydrogens (tertiary/aromatic N) is 4. The zero-order valence-corrected chi connectivity index (χ0v) is 9.01. The highest BCUT2D eigenvalue weighted by atomic mass is 16.5. The van der Waals surface area contributed by atoms with Crippen molar-refractivity contribution in [3.05, 3.63) is 23.3 Å². The number of rotatable bonds is 5. The maximum Gasteiger partial charge on any atom is 0.273 e. The van der Waals surface area contributed by atoms with Crippen molar-refractivity contribution in [2.75, 3.05) is 7.11 Å². The van der Waals surface area contributed by atoms with Gasteiger partial charge in [-0.1, -0.05) is 10.4 Å². The summed E-state index contributed by atoms with van der Waals surface area (Å²) in [4.78, 5) is 11.6. The number of tetrazole rings is 1. The van der Waals surface area contributed by atoms with Gasteiger partial charge < -0.3 is 14.6 Å². The highest BCUT2D eigenvalue weighted by Crippen LogP contribution is 2.04. The summed E-state index contributed by atoms with van der Waals surface area (Å²) in [7, 11) is 1.53. The molecule has 0 spiro atoms. The second kappa shape index (κ2) is 5.16. The number of ether oxygens (including phenoxy) is 1. The summed E-state index contributed by atoms with van der Waals surface area (Å²) >= 11 is 0. The molecule has 0 saturated carbocycles. The Morgan fingerprint density at radius 2 is 2.53 bits per heavy atom. The number of amides is 1. The van der Waals surface area contributed by atoms with Crippen LogP contribution in [0.1, 0.15) is 22.1 Å². The lowest BCUT2D eigenvalue weighted by Crippen LogP contribution is -2.23. The smallest absolute Gasteiger partial charge is 0.273 e. The van der Waals surface area contributed by atoms with Crippen molar-refractivity contribution in [2.24, 2.45) is 0 Å². The number of carbonyl (C=O) groups is 1. The standard InChI is InChI=1S/C8H10N6O3/c1-16-4-5-2-6(12-17-5)8(15)9-3-7-10-13-14-11-7/h2H,3-4H2,1H3,(H,9,15)(H,10,11,13,14). The molecule has 0 aliphatic heterocycles. The predicted octanol–water partition coefficient (Wildman–Crippen LogP) is -0.736. The van der Waals surface area contributed by atoms with Crippen LogP contribution in [0.4, 0.5) is 0 Å². The van der Waals surface area contributed by atoms with Gasteiger partial charge in [-0.15, -0.1) is 10.2 Å². The second-order valence-corrected chi connectivity index (χ2v) is 3.12. The Morgan fingerprint density at radius 3 is 3.24 bits per heavy atom. The molecule has 2 N–H and O–H groups in total. The highest BCUT2D eigenvalue weighted by molar-refractivity contribution is 5.92. The molecule has 0 aliphatic carbocycles. The van der Waals surface area contributed by atoms with Gasteiger partial charge in [-0.25, -0.2) is 0 Å². The summed E-state index contributed by atoms with van der Waals surface area (Å²) < 4.78 is 9.72. The summed E-state index contributed by atoms with van der Waals surface area (Å²) in [5.74, 6) is 0.497. The average molecular weight is 238 g/mol. The van der Waals surface area contributed by atoms with E-state index in [-0.39, 0.29) is 24.8 Å². The van der Waals surface area contributed by atoms with Gasteiger partial charge in [0, 0.05) is 13.2 Å². The van der Waals surface area contributed by atoms with Crippen LogP contribution in [0.3, 0.4) is 0 Å². The number of aromatic nitrogens is 5. The zero-order chi connectivity index (χ0) is 12.1. The lowest BCUT2D eigenvalue weighted by atomic mass is 10.3. The van der Waals surface area contributed by atoms with Gasteiger partial charge in [0.2, 0.25) is 0 Å². The third-order valence-electron chi connectivity index (χ3n) is 1.87. The van der Waals surface area contributed by atoms with E-state index in [9.17, 15) is 4.79 Å². The first-order valence-corrected chi connectivity index (χ1v) is 4.74. The number of nitrogens with one attached hydrogen (secondary N) is 2. The monoisotopic (exact) mass is 238 g/mol. The van der Waals surface area contributed by atoms with Crippen molar-refractivity contribution in [2.45, 2.75) is 13.2 Å². The largest absolute Gasteiger partial charge is 0.377 e. The van der Waals surface area contributed by atoms with E-state index in [0.29, 0.717) is 11.6 Å². The molecule has 9 nitrogen and oxygen atoms in total. The minimum Gasteiger partial charge on any atom is -0.377 e. The van der Waals surface area contributed by atoms with Crippen LogP contribution < -0.4 is 5.32 Å². The summed E-state index contributed by atoms with van der Waals surface area (Å²) in [6.45, 7) is 0.437. The number of methoxy groups -OCH3 is 1. The molecule has 0 fully saturated rings. The van der Waals surface area contributed by atoms with Crippen LogP contribution in [-0.2, 0) is 17.9 Å². The molecule has 2 aromatic heterocycles.